The monoisotopic (exact) mass is 169 g/mol. The summed E-state index contributed by atoms with van der Waals surface area (Å²) in [4.78, 5) is 10.9. The van der Waals surface area contributed by atoms with Crippen molar-refractivity contribution in [1.82, 2.24) is 5.32 Å². The SMILES string of the molecule is C=CCNC(C)(C(=O)O)C1CC1. The number of hydrogen-bond donors (Lipinski definition) is 2. The zero-order chi connectivity index (χ0) is 9.19. The first-order valence-corrected chi connectivity index (χ1v) is 4.20. The van der Waals surface area contributed by atoms with Gasteiger partial charge in [-0.05, 0) is 25.7 Å². The van der Waals surface area contributed by atoms with Gasteiger partial charge < -0.3 is 5.11 Å². The highest BCUT2D eigenvalue weighted by molar-refractivity contribution is 5.79. The van der Waals surface area contributed by atoms with E-state index in [2.05, 4.69) is 11.9 Å². The van der Waals surface area contributed by atoms with Gasteiger partial charge in [0.1, 0.15) is 5.54 Å². The van der Waals surface area contributed by atoms with Gasteiger partial charge in [0.15, 0.2) is 0 Å². The van der Waals surface area contributed by atoms with E-state index in [4.69, 9.17) is 5.11 Å². The molecule has 68 valence electrons. The van der Waals surface area contributed by atoms with Crippen molar-refractivity contribution < 1.29 is 9.90 Å². The maximum absolute atomic E-state index is 10.9. The molecule has 2 N–H and O–H groups in total. The van der Waals surface area contributed by atoms with E-state index >= 15 is 0 Å². The molecule has 0 aromatic carbocycles. The third-order valence-corrected chi connectivity index (χ3v) is 2.45. The highest BCUT2D eigenvalue weighted by atomic mass is 16.4. The van der Waals surface area contributed by atoms with Gasteiger partial charge in [-0.1, -0.05) is 6.08 Å². The first-order valence-electron chi connectivity index (χ1n) is 4.20. The maximum Gasteiger partial charge on any atom is 0.323 e. The predicted molar refractivity (Wildman–Crippen MR) is 47.0 cm³/mol. The molecule has 0 amide bonds. The molecule has 1 unspecified atom stereocenters. The molecule has 0 aromatic heterocycles. The van der Waals surface area contributed by atoms with Crippen LogP contribution in [0.1, 0.15) is 19.8 Å². The fourth-order valence-corrected chi connectivity index (χ4v) is 1.34. The van der Waals surface area contributed by atoms with E-state index in [1.165, 1.54) is 0 Å². The Kier molecular flexibility index (Phi) is 2.52. The predicted octanol–water partition coefficient (Wildman–Crippen LogP) is 1.02. The first kappa shape index (κ1) is 9.26. The molecule has 1 saturated carbocycles. The molecule has 0 heterocycles. The largest absolute Gasteiger partial charge is 0.480 e. The molecular formula is C9H15NO2. The number of nitrogens with one attached hydrogen (secondary N) is 1. The van der Waals surface area contributed by atoms with E-state index in [0.29, 0.717) is 12.5 Å². The molecule has 1 fully saturated rings. The van der Waals surface area contributed by atoms with Crippen LogP contribution < -0.4 is 5.32 Å². The number of hydrogen-bond acceptors (Lipinski definition) is 2. The summed E-state index contributed by atoms with van der Waals surface area (Å²) in [5.74, 6) is -0.457. The van der Waals surface area contributed by atoms with Gasteiger partial charge in [0.05, 0.1) is 0 Å². The zero-order valence-corrected chi connectivity index (χ0v) is 7.34. The van der Waals surface area contributed by atoms with Crippen molar-refractivity contribution in [2.24, 2.45) is 5.92 Å². The number of carboxylic acids is 1. The van der Waals surface area contributed by atoms with Gasteiger partial charge in [-0.2, -0.15) is 0 Å². The summed E-state index contributed by atoms with van der Waals surface area (Å²) >= 11 is 0. The maximum atomic E-state index is 10.9. The Labute approximate surface area is 72.5 Å². The Morgan fingerprint density at radius 1 is 1.83 bits per heavy atom. The minimum Gasteiger partial charge on any atom is -0.480 e. The third-order valence-electron chi connectivity index (χ3n) is 2.45. The van der Waals surface area contributed by atoms with Gasteiger partial charge >= 0.3 is 5.97 Å². The van der Waals surface area contributed by atoms with Gasteiger partial charge in [-0.25, -0.2) is 0 Å². The van der Waals surface area contributed by atoms with Crippen LogP contribution in [0.15, 0.2) is 12.7 Å². The Balaban J connectivity index is 2.57. The average Bonchev–Trinajstić information content (AvgIpc) is 2.82. The molecule has 0 saturated heterocycles. The van der Waals surface area contributed by atoms with Gasteiger partial charge in [-0.3, -0.25) is 10.1 Å². The molecule has 1 aliphatic carbocycles. The minimum atomic E-state index is -0.758. The molecule has 0 bridgehead atoms. The Hall–Kier alpha value is -0.830. The van der Waals surface area contributed by atoms with Crippen LogP contribution in [0.3, 0.4) is 0 Å². The van der Waals surface area contributed by atoms with Crippen LogP contribution in [0, 0.1) is 5.92 Å². The van der Waals surface area contributed by atoms with Crippen molar-refractivity contribution in [3.05, 3.63) is 12.7 Å². The second kappa shape index (κ2) is 3.27. The first-order chi connectivity index (χ1) is 5.61. The van der Waals surface area contributed by atoms with Crippen LogP contribution in [0.2, 0.25) is 0 Å². The number of rotatable bonds is 5. The number of carbonyl (C=O) groups is 1. The van der Waals surface area contributed by atoms with Crippen molar-refractivity contribution >= 4 is 5.97 Å². The second-order valence-electron chi connectivity index (χ2n) is 3.45. The molecule has 0 aliphatic heterocycles. The molecule has 12 heavy (non-hydrogen) atoms. The minimum absolute atomic E-state index is 0.301. The highest BCUT2D eigenvalue weighted by Crippen LogP contribution is 2.39. The Morgan fingerprint density at radius 2 is 2.42 bits per heavy atom. The van der Waals surface area contributed by atoms with E-state index in [1.54, 1.807) is 13.0 Å². The summed E-state index contributed by atoms with van der Waals surface area (Å²) in [6, 6.07) is 0. The fraction of sp³-hybridized carbons (Fsp3) is 0.667. The van der Waals surface area contributed by atoms with Crippen LogP contribution in [-0.2, 0) is 4.79 Å². The molecule has 0 spiro atoms. The van der Waals surface area contributed by atoms with E-state index in [1.807, 2.05) is 0 Å². The van der Waals surface area contributed by atoms with Crippen LogP contribution in [-0.4, -0.2) is 23.2 Å². The molecule has 1 rings (SSSR count). The normalized spacial score (nSPS) is 21.4. The fourth-order valence-electron chi connectivity index (χ4n) is 1.34. The lowest BCUT2D eigenvalue weighted by Crippen LogP contribution is -2.51. The summed E-state index contributed by atoms with van der Waals surface area (Å²) in [5, 5.41) is 12.0. The van der Waals surface area contributed by atoms with Crippen LogP contribution in [0.5, 0.6) is 0 Å². The van der Waals surface area contributed by atoms with E-state index in [9.17, 15) is 4.79 Å². The molecule has 0 radical (unpaired) electrons. The van der Waals surface area contributed by atoms with Crippen LogP contribution in [0.4, 0.5) is 0 Å². The van der Waals surface area contributed by atoms with Gasteiger partial charge in [-0.15, -0.1) is 6.58 Å². The van der Waals surface area contributed by atoms with Crippen molar-refractivity contribution in [3.63, 3.8) is 0 Å². The second-order valence-corrected chi connectivity index (χ2v) is 3.45. The summed E-state index contributed by atoms with van der Waals surface area (Å²) in [6.07, 6.45) is 3.73. The van der Waals surface area contributed by atoms with Crippen molar-refractivity contribution in [3.8, 4) is 0 Å². The van der Waals surface area contributed by atoms with Crippen LogP contribution in [0.25, 0.3) is 0 Å². The topological polar surface area (TPSA) is 49.3 Å². The third kappa shape index (κ3) is 1.67. The summed E-state index contributed by atoms with van der Waals surface area (Å²) in [7, 11) is 0. The average molecular weight is 169 g/mol. The van der Waals surface area contributed by atoms with Gasteiger partial charge in [0.25, 0.3) is 0 Å². The number of aliphatic carboxylic acids is 1. The lowest BCUT2D eigenvalue weighted by molar-refractivity contribution is -0.145. The Bertz CT molecular complexity index is 199. The van der Waals surface area contributed by atoms with Gasteiger partial charge in [0.2, 0.25) is 0 Å². The van der Waals surface area contributed by atoms with E-state index in [-0.39, 0.29) is 0 Å². The van der Waals surface area contributed by atoms with Crippen molar-refractivity contribution in [1.29, 1.82) is 0 Å². The summed E-state index contributed by atoms with van der Waals surface area (Å²) < 4.78 is 0. The quantitative estimate of drug-likeness (QED) is 0.604. The zero-order valence-electron chi connectivity index (χ0n) is 7.34. The van der Waals surface area contributed by atoms with Gasteiger partial charge in [0, 0.05) is 6.54 Å². The Morgan fingerprint density at radius 3 is 2.75 bits per heavy atom. The molecule has 1 atom stereocenters. The standard InChI is InChI=1S/C9H15NO2/c1-3-6-10-9(2,8(11)12)7-4-5-7/h3,7,10H,1,4-6H2,2H3,(H,11,12). The van der Waals surface area contributed by atoms with E-state index in [0.717, 1.165) is 12.8 Å². The molecule has 1 aliphatic rings. The number of carboxylic acid groups (broad SMARTS) is 1. The highest BCUT2D eigenvalue weighted by Gasteiger charge is 2.46. The lowest BCUT2D eigenvalue weighted by Gasteiger charge is -2.25. The molecule has 3 heteroatoms. The molecule has 0 aromatic rings. The summed E-state index contributed by atoms with van der Waals surface area (Å²) in [6.45, 7) is 5.85. The smallest absolute Gasteiger partial charge is 0.323 e. The molecular weight excluding hydrogens is 154 g/mol. The lowest BCUT2D eigenvalue weighted by atomic mass is 9.96. The van der Waals surface area contributed by atoms with Crippen molar-refractivity contribution in [2.75, 3.05) is 6.54 Å². The molecule has 3 nitrogen and oxygen atoms in total. The van der Waals surface area contributed by atoms with E-state index < -0.39 is 11.5 Å². The summed E-state index contributed by atoms with van der Waals surface area (Å²) in [5.41, 5.74) is -0.742. The van der Waals surface area contributed by atoms with Crippen LogP contribution >= 0.6 is 0 Å². The van der Waals surface area contributed by atoms with Crippen molar-refractivity contribution in [2.45, 2.75) is 25.3 Å².